The van der Waals surface area contributed by atoms with Gasteiger partial charge in [0.05, 0.1) is 0 Å². The van der Waals surface area contributed by atoms with Gasteiger partial charge in [-0.3, -0.25) is 0 Å². The normalized spacial score (nSPS) is 13.6. The van der Waals surface area contributed by atoms with Crippen LogP contribution in [0.2, 0.25) is 0 Å². The van der Waals surface area contributed by atoms with Crippen molar-refractivity contribution >= 4 is 11.5 Å². The molecule has 0 radical (unpaired) electrons. The van der Waals surface area contributed by atoms with Crippen LogP contribution in [0.3, 0.4) is 0 Å². The number of rotatable bonds is 2. The van der Waals surface area contributed by atoms with Crippen molar-refractivity contribution in [3.63, 3.8) is 0 Å². The van der Waals surface area contributed by atoms with Gasteiger partial charge in [0, 0.05) is 29.7 Å². The number of nitrogens with zero attached hydrogens (tertiary/aromatic N) is 1. The second-order valence-electron chi connectivity index (χ2n) is 1.80. The van der Waals surface area contributed by atoms with Gasteiger partial charge in [0.25, 0.3) is 0 Å². The van der Waals surface area contributed by atoms with Crippen molar-refractivity contribution < 1.29 is 0 Å². The average Bonchev–Trinajstić information content (AvgIpc) is 2.37. The Morgan fingerprint density at radius 2 is 2.56 bits per heavy atom. The van der Waals surface area contributed by atoms with E-state index in [0.717, 1.165) is 5.56 Å². The molecule has 1 atom stereocenters. The van der Waals surface area contributed by atoms with Crippen LogP contribution in [0.1, 0.15) is 11.6 Å². The molecule has 1 heterocycles. The molecule has 1 unspecified atom stereocenters. The molecule has 1 rings (SSSR count). The molecule has 0 aliphatic rings. The summed E-state index contributed by atoms with van der Waals surface area (Å²) in [6.45, 7) is 0.485. The first-order valence-electron chi connectivity index (χ1n) is 2.69. The zero-order chi connectivity index (χ0) is 6.69. The van der Waals surface area contributed by atoms with Crippen molar-refractivity contribution in [1.29, 1.82) is 0 Å². The molecule has 4 N–H and O–H groups in total. The first-order chi connectivity index (χ1) is 4.34. The van der Waals surface area contributed by atoms with Crippen LogP contribution >= 0.6 is 11.5 Å². The third kappa shape index (κ3) is 1.48. The van der Waals surface area contributed by atoms with Crippen LogP contribution in [-0.2, 0) is 0 Å². The molecule has 0 amide bonds. The van der Waals surface area contributed by atoms with Gasteiger partial charge in [-0.2, -0.15) is 0 Å². The van der Waals surface area contributed by atoms with Gasteiger partial charge >= 0.3 is 0 Å². The second-order valence-corrected chi connectivity index (χ2v) is 2.46. The summed E-state index contributed by atoms with van der Waals surface area (Å²) in [4.78, 5) is 0. The van der Waals surface area contributed by atoms with E-state index < -0.39 is 0 Å². The van der Waals surface area contributed by atoms with Gasteiger partial charge in [-0.15, -0.1) is 0 Å². The smallest absolute Gasteiger partial charge is 0.0455 e. The first-order valence-corrected chi connectivity index (χ1v) is 3.53. The Kier molecular flexibility index (Phi) is 2.16. The van der Waals surface area contributed by atoms with Gasteiger partial charge in [-0.05, 0) is 11.5 Å². The molecule has 0 bridgehead atoms. The molecule has 0 fully saturated rings. The fourth-order valence-corrected chi connectivity index (χ4v) is 1.13. The van der Waals surface area contributed by atoms with E-state index in [2.05, 4.69) is 4.37 Å². The highest BCUT2D eigenvalue weighted by Crippen LogP contribution is 2.08. The van der Waals surface area contributed by atoms with E-state index >= 15 is 0 Å². The lowest BCUT2D eigenvalue weighted by Crippen LogP contribution is -2.19. The Hall–Kier alpha value is -0.450. The van der Waals surface area contributed by atoms with Gasteiger partial charge in [-0.1, -0.05) is 0 Å². The van der Waals surface area contributed by atoms with Crippen LogP contribution in [0.4, 0.5) is 0 Å². The van der Waals surface area contributed by atoms with Crippen molar-refractivity contribution in [3.05, 3.63) is 17.1 Å². The number of nitrogens with two attached hydrogens (primary N) is 2. The number of hydrogen-bond acceptors (Lipinski definition) is 4. The summed E-state index contributed by atoms with van der Waals surface area (Å²) in [5.41, 5.74) is 11.9. The molecule has 0 aromatic carbocycles. The zero-order valence-electron chi connectivity index (χ0n) is 4.95. The summed E-state index contributed by atoms with van der Waals surface area (Å²) in [5.74, 6) is 0. The van der Waals surface area contributed by atoms with Crippen LogP contribution in [-0.4, -0.2) is 10.9 Å². The molecular formula is C5H9N3S. The van der Waals surface area contributed by atoms with Gasteiger partial charge in [0.15, 0.2) is 0 Å². The second kappa shape index (κ2) is 2.91. The van der Waals surface area contributed by atoms with E-state index in [1.165, 1.54) is 11.5 Å². The predicted molar refractivity (Wildman–Crippen MR) is 38.1 cm³/mol. The quantitative estimate of drug-likeness (QED) is 0.617. The zero-order valence-corrected chi connectivity index (χ0v) is 5.77. The van der Waals surface area contributed by atoms with Gasteiger partial charge in [0.2, 0.25) is 0 Å². The predicted octanol–water partition coefficient (Wildman–Crippen LogP) is 0.102. The molecule has 0 saturated heterocycles. The highest BCUT2D eigenvalue weighted by Gasteiger charge is 2.02. The summed E-state index contributed by atoms with van der Waals surface area (Å²) in [6, 6.07) is -0.0382. The fraction of sp³-hybridized carbons (Fsp3) is 0.400. The van der Waals surface area contributed by atoms with Crippen molar-refractivity contribution in [2.24, 2.45) is 11.5 Å². The van der Waals surface area contributed by atoms with Crippen LogP contribution in [0, 0.1) is 0 Å². The molecule has 0 aliphatic carbocycles. The number of aromatic nitrogens is 1. The lowest BCUT2D eigenvalue weighted by Gasteiger charge is -2.02. The molecule has 4 heteroatoms. The highest BCUT2D eigenvalue weighted by atomic mass is 32.1. The molecule has 50 valence electrons. The van der Waals surface area contributed by atoms with E-state index in [1.807, 2.05) is 5.38 Å². The topological polar surface area (TPSA) is 64.9 Å². The standard InChI is InChI=1S/C5H9N3S/c6-1-5(7)4-2-8-9-3-4/h2-3,5H,1,6-7H2. The molecule has 1 aromatic heterocycles. The van der Waals surface area contributed by atoms with Crippen molar-refractivity contribution in [2.75, 3.05) is 6.54 Å². The Labute approximate surface area is 57.8 Å². The molecule has 1 aromatic rings. The van der Waals surface area contributed by atoms with Crippen LogP contribution in [0.5, 0.6) is 0 Å². The van der Waals surface area contributed by atoms with Gasteiger partial charge in [0.1, 0.15) is 0 Å². The maximum atomic E-state index is 5.58. The maximum Gasteiger partial charge on any atom is 0.0455 e. The average molecular weight is 143 g/mol. The third-order valence-corrected chi connectivity index (χ3v) is 1.74. The van der Waals surface area contributed by atoms with Crippen LogP contribution in [0.25, 0.3) is 0 Å². The Bertz CT molecular complexity index is 161. The van der Waals surface area contributed by atoms with E-state index in [4.69, 9.17) is 11.5 Å². The summed E-state index contributed by atoms with van der Waals surface area (Å²) < 4.78 is 3.90. The van der Waals surface area contributed by atoms with Crippen molar-refractivity contribution in [1.82, 2.24) is 4.37 Å². The number of hydrogen-bond donors (Lipinski definition) is 2. The van der Waals surface area contributed by atoms with E-state index in [9.17, 15) is 0 Å². The first kappa shape index (κ1) is 6.67. The Morgan fingerprint density at radius 1 is 1.78 bits per heavy atom. The van der Waals surface area contributed by atoms with E-state index in [1.54, 1.807) is 6.20 Å². The van der Waals surface area contributed by atoms with Crippen LogP contribution in [0.15, 0.2) is 11.6 Å². The largest absolute Gasteiger partial charge is 0.329 e. The lowest BCUT2D eigenvalue weighted by molar-refractivity contribution is 0.738. The third-order valence-electron chi connectivity index (χ3n) is 1.13. The van der Waals surface area contributed by atoms with Gasteiger partial charge < -0.3 is 11.5 Å². The fourth-order valence-electron chi connectivity index (χ4n) is 0.532. The summed E-state index contributed by atoms with van der Waals surface area (Å²) in [5, 5.41) is 1.91. The van der Waals surface area contributed by atoms with E-state index in [0.29, 0.717) is 6.54 Å². The maximum absolute atomic E-state index is 5.58. The Morgan fingerprint density at radius 3 is 3.00 bits per heavy atom. The minimum atomic E-state index is -0.0382. The molecule has 9 heavy (non-hydrogen) atoms. The molecular weight excluding hydrogens is 134 g/mol. The molecule has 0 saturated carbocycles. The van der Waals surface area contributed by atoms with E-state index in [-0.39, 0.29) is 6.04 Å². The van der Waals surface area contributed by atoms with Crippen molar-refractivity contribution in [3.8, 4) is 0 Å². The highest BCUT2D eigenvalue weighted by molar-refractivity contribution is 7.03. The Balaban J connectivity index is 2.65. The monoisotopic (exact) mass is 143 g/mol. The minimum Gasteiger partial charge on any atom is -0.329 e. The molecule has 0 aliphatic heterocycles. The molecule has 0 spiro atoms. The lowest BCUT2D eigenvalue weighted by atomic mass is 10.2. The van der Waals surface area contributed by atoms with Crippen LogP contribution < -0.4 is 11.5 Å². The minimum absolute atomic E-state index is 0.0382. The molecule has 3 nitrogen and oxygen atoms in total. The summed E-state index contributed by atoms with van der Waals surface area (Å²) in [7, 11) is 0. The van der Waals surface area contributed by atoms with Gasteiger partial charge in [-0.25, -0.2) is 4.37 Å². The summed E-state index contributed by atoms with van der Waals surface area (Å²) >= 11 is 1.40. The summed E-state index contributed by atoms with van der Waals surface area (Å²) in [6.07, 6.45) is 1.75. The SMILES string of the molecule is NCC(N)c1cnsc1. The van der Waals surface area contributed by atoms with Crippen molar-refractivity contribution in [2.45, 2.75) is 6.04 Å².